The SMILES string of the molecule is CC(C)c1c(-c2cn[nH]c2)nc2c(C#N)c[nH]n2c1=O. The lowest BCUT2D eigenvalue weighted by Crippen LogP contribution is -2.22. The van der Waals surface area contributed by atoms with Gasteiger partial charge in [0.15, 0.2) is 5.65 Å². The molecule has 0 aliphatic heterocycles. The number of nitriles is 1. The average molecular weight is 268 g/mol. The third kappa shape index (κ3) is 1.62. The fourth-order valence-electron chi connectivity index (χ4n) is 2.23. The molecular weight excluding hydrogens is 256 g/mol. The lowest BCUT2D eigenvalue weighted by Gasteiger charge is -2.10. The van der Waals surface area contributed by atoms with Crippen LogP contribution in [-0.4, -0.2) is 24.8 Å². The van der Waals surface area contributed by atoms with Gasteiger partial charge < -0.3 is 0 Å². The molecule has 100 valence electrons. The van der Waals surface area contributed by atoms with E-state index >= 15 is 0 Å². The van der Waals surface area contributed by atoms with Crippen LogP contribution in [0.25, 0.3) is 16.9 Å². The van der Waals surface area contributed by atoms with Crippen LogP contribution in [0.15, 0.2) is 23.4 Å². The van der Waals surface area contributed by atoms with Gasteiger partial charge in [-0.2, -0.15) is 10.4 Å². The van der Waals surface area contributed by atoms with Gasteiger partial charge in [-0.05, 0) is 5.92 Å². The highest BCUT2D eigenvalue weighted by Crippen LogP contribution is 2.25. The molecular formula is C13H12N6O. The summed E-state index contributed by atoms with van der Waals surface area (Å²) in [5.74, 6) is 0.00522. The predicted molar refractivity (Wildman–Crippen MR) is 72.2 cm³/mol. The van der Waals surface area contributed by atoms with Gasteiger partial charge in [-0.15, -0.1) is 0 Å². The van der Waals surface area contributed by atoms with E-state index in [2.05, 4.69) is 20.3 Å². The molecule has 0 radical (unpaired) electrons. The average Bonchev–Trinajstić information content (AvgIpc) is 3.07. The van der Waals surface area contributed by atoms with Gasteiger partial charge in [-0.3, -0.25) is 15.0 Å². The van der Waals surface area contributed by atoms with Crippen molar-refractivity contribution in [2.45, 2.75) is 19.8 Å². The Labute approximate surface area is 113 Å². The summed E-state index contributed by atoms with van der Waals surface area (Å²) in [4.78, 5) is 17.0. The highest BCUT2D eigenvalue weighted by molar-refractivity contribution is 5.66. The van der Waals surface area contributed by atoms with E-state index in [1.807, 2.05) is 19.9 Å². The first-order valence-electron chi connectivity index (χ1n) is 6.16. The van der Waals surface area contributed by atoms with E-state index in [-0.39, 0.29) is 11.5 Å². The second-order valence-electron chi connectivity index (χ2n) is 4.78. The van der Waals surface area contributed by atoms with Crippen molar-refractivity contribution in [3.05, 3.63) is 40.1 Å². The number of hydrogen-bond acceptors (Lipinski definition) is 4. The number of hydrogen-bond donors (Lipinski definition) is 2. The molecule has 3 heterocycles. The summed E-state index contributed by atoms with van der Waals surface area (Å²) in [5.41, 5.74) is 2.37. The van der Waals surface area contributed by atoms with E-state index in [9.17, 15) is 4.79 Å². The summed E-state index contributed by atoms with van der Waals surface area (Å²) < 4.78 is 1.30. The van der Waals surface area contributed by atoms with Crippen molar-refractivity contribution < 1.29 is 0 Å². The van der Waals surface area contributed by atoms with Crippen LogP contribution in [0.5, 0.6) is 0 Å². The van der Waals surface area contributed by atoms with Crippen LogP contribution in [0.4, 0.5) is 0 Å². The Kier molecular flexibility index (Phi) is 2.64. The van der Waals surface area contributed by atoms with Crippen LogP contribution in [0, 0.1) is 11.3 Å². The summed E-state index contributed by atoms with van der Waals surface area (Å²) in [6.45, 7) is 3.87. The minimum absolute atomic E-state index is 0.00522. The van der Waals surface area contributed by atoms with E-state index in [4.69, 9.17) is 5.26 Å². The lowest BCUT2D eigenvalue weighted by atomic mass is 10.00. The molecule has 7 heteroatoms. The molecule has 0 saturated heterocycles. The van der Waals surface area contributed by atoms with Gasteiger partial charge in [0.1, 0.15) is 11.6 Å². The van der Waals surface area contributed by atoms with Crippen molar-refractivity contribution in [2.75, 3.05) is 0 Å². The van der Waals surface area contributed by atoms with Crippen LogP contribution in [0.2, 0.25) is 0 Å². The summed E-state index contributed by atoms with van der Waals surface area (Å²) >= 11 is 0. The van der Waals surface area contributed by atoms with Crippen LogP contribution in [-0.2, 0) is 0 Å². The molecule has 7 nitrogen and oxygen atoms in total. The van der Waals surface area contributed by atoms with Crippen LogP contribution >= 0.6 is 0 Å². The Morgan fingerprint density at radius 2 is 2.20 bits per heavy atom. The third-order valence-corrected chi connectivity index (χ3v) is 3.17. The molecule has 0 fully saturated rings. The van der Waals surface area contributed by atoms with E-state index in [1.165, 1.54) is 10.7 Å². The molecule has 3 rings (SSSR count). The molecule has 0 atom stereocenters. The monoisotopic (exact) mass is 268 g/mol. The Hall–Kier alpha value is -2.88. The molecule has 0 aliphatic carbocycles. The maximum atomic E-state index is 12.6. The zero-order valence-electron chi connectivity index (χ0n) is 11.0. The first-order valence-corrected chi connectivity index (χ1v) is 6.16. The summed E-state index contributed by atoms with van der Waals surface area (Å²) in [7, 11) is 0. The molecule has 0 bridgehead atoms. The third-order valence-electron chi connectivity index (χ3n) is 3.17. The molecule has 2 N–H and O–H groups in total. The fourth-order valence-corrected chi connectivity index (χ4v) is 2.23. The van der Waals surface area contributed by atoms with Gasteiger partial charge in [-0.25, -0.2) is 9.50 Å². The second-order valence-corrected chi connectivity index (χ2v) is 4.78. The van der Waals surface area contributed by atoms with E-state index in [0.717, 1.165) is 5.56 Å². The van der Waals surface area contributed by atoms with Gasteiger partial charge in [0, 0.05) is 23.5 Å². The quantitative estimate of drug-likeness (QED) is 0.733. The van der Waals surface area contributed by atoms with Crippen molar-refractivity contribution in [1.82, 2.24) is 24.8 Å². The topological polar surface area (TPSA) is 103 Å². The number of nitrogens with zero attached hydrogens (tertiary/aromatic N) is 4. The van der Waals surface area contributed by atoms with Crippen molar-refractivity contribution >= 4 is 5.65 Å². The standard InChI is InChI=1S/C13H12N6O/c1-7(2)10-11(9-4-15-16-5-9)18-12-8(3-14)6-17-19(12)13(10)20/h4-7,17H,1-2H3,(H,15,16). The van der Waals surface area contributed by atoms with Gasteiger partial charge in [-0.1, -0.05) is 13.8 Å². The van der Waals surface area contributed by atoms with Crippen LogP contribution in [0.1, 0.15) is 30.9 Å². The Morgan fingerprint density at radius 1 is 1.40 bits per heavy atom. The zero-order valence-corrected chi connectivity index (χ0v) is 11.0. The first-order chi connectivity index (χ1) is 9.63. The van der Waals surface area contributed by atoms with Crippen LogP contribution in [0.3, 0.4) is 0 Å². The molecule has 0 aromatic carbocycles. The Bertz CT molecular complexity index is 863. The Morgan fingerprint density at radius 3 is 2.80 bits per heavy atom. The number of aromatic amines is 2. The van der Waals surface area contributed by atoms with Gasteiger partial charge in [0.2, 0.25) is 0 Å². The number of rotatable bonds is 2. The zero-order chi connectivity index (χ0) is 14.3. The number of nitrogens with one attached hydrogen (secondary N) is 2. The Balaban J connectivity index is 2.46. The summed E-state index contributed by atoms with van der Waals surface area (Å²) in [6.07, 6.45) is 4.78. The van der Waals surface area contributed by atoms with Gasteiger partial charge >= 0.3 is 0 Å². The van der Waals surface area contributed by atoms with E-state index in [0.29, 0.717) is 22.5 Å². The minimum atomic E-state index is -0.192. The van der Waals surface area contributed by atoms with E-state index < -0.39 is 0 Å². The molecule has 3 aromatic rings. The summed E-state index contributed by atoms with van der Waals surface area (Å²) in [5, 5.41) is 18.4. The normalized spacial score (nSPS) is 11.1. The maximum absolute atomic E-state index is 12.6. The predicted octanol–water partition coefficient (Wildman–Crippen LogP) is 1.41. The number of aromatic nitrogens is 5. The first kappa shape index (κ1) is 12.2. The maximum Gasteiger partial charge on any atom is 0.276 e. The number of H-pyrrole nitrogens is 2. The fraction of sp³-hybridized carbons (Fsp3) is 0.231. The number of fused-ring (bicyclic) bond motifs is 1. The molecule has 0 aliphatic rings. The molecule has 3 aromatic heterocycles. The van der Waals surface area contributed by atoms with E-state index in [1.54, 1.807) is 12.4 Å². The highest BCUT2D eigenvalue weighted by Gasteiger charge is 2.20. The lowest BCUT2D eigenvalue weighted by molar-refractivity contribution is 0.797. The van der Waals surface area contributed by atoms with Crippen molar-refractivity contribution in [2.24, 2.45) is 0 Å². The summed E-state index contributed by atoms with van der Waals surface area (Å²) in [6, 6.07) is 2.02. The smallest absolute Gasteiger partial charge is 0.276 e. The molecule has 0 spiro atoms. The van der Waals surface area contributed by atoms with Gasteiger partial charge in [0.25, 0.3) is 5.56 Å². The van der Waals surface area contributed by atoms with Crippen molar-refractivity contribution in [1.29, 1.82) is 5.26 Å². The largest absolute Gasteiger partial charge is 0.295 e. The van der Waals surface area contributed by atoms with Gasteiger partial charge in [0.05, 0.1) is 11.9 Å². The minimum Gasteiger partial charge on any atom is -0.295 e. The molecule has 0 unspecified atom stereocenters. The molecule has 20 heavy (non-hydrogen) atoms. The molecule has 0 saturated carbocycles. The molecule has 0 amide bonds. The second kappa shape index (κ2) is 4.35. The van der Waals surface area contributed by atoms with Crippen molar-refractivity contribution in [3.63, 3.8) is 0 Å². The van der Waals surface area contributed by atoms with Crippen LogP contribution < -0.4 is 5.56 Å². The highest BCUT2D eigenvalue weighted by atomic mass is 16.1. The van der Waals surface area contributed by atoms with Crippen molar-refractivity contribution in [3.8, 4) is 17.3 Å².